The summed E-state index contributed by atoms with van der Waals surface area (Å²) in [5.41, 5.74) is 6.07. The first-order valence-electron chi connectivity index (χ1n) is 6.12. The number of rotatable bonds is 1. The zero-order chi connectivity index (χ0) is 10.9. The van der Waals surface area contributed by atoms with Gasteiger partial charge in [-0.25, -0.2) is 0 Å². The van der Waals surface area contributed by atoms with Gasteiger partial charge in [0.25, 0.3) is 0 Å². The molecule has 3 nitrogen and oxygen atoms in total. The van der Waals surface area contributed by atoms with Gasteiger partial charge in [0, 0.05) is 25.7 Å². The highest BCUT2D eigenvalue weighted by Crippen LogP contribution is 2.37. The average molecular weight is 213 g/mol. The third-order valence-corrected chi connectivity index (χ3v) is 3.74. The molecule has 3 heteroatoms. The fourth-order valence-electron chi connectivity index (χ4n) is 2.73. The Labute approximate surface area is 92.3 Å². The summed E-state index contributed by atoms with van der Waals surface area (Å²) in [5, 5.41) is 0. The highest BCUT2D eigenvalue weighted by molar-refractivity contribution is 4.93. The Morgan fingerprint density at radius 2 is 2.07 bits per heavy atom. The lowest BCUT2D eigenvalue weighted by Gasteiger charge is -2.46. The second kappa shape index (κ2) is 4.40. The Kier molecular flexibility index (Phi) is 3.33. The largest absolute Gasteiger partial charge is 0.378 e. The van der Waals surface area contributed by atoms with E-state index in [4.69, 9.17) is 15.2 Å². The van der Waals surface area contributed by atoms with Crippen molar-refractivity contribution >= 4 is 0 Å². The molecule has 0 aromatic rings. The highest BCUT2D eigenvalue weighted by Gasteiger charge is 2.41. The first kappa shape index (κ1) is 11.4. The van der Waals surface area contributed by atoms with E-state index in [1.54, 1.807) is 0 Å². The fourth-order valence-corrected chi connectivity index (χ4v) is 2.73. The maximum Gasteiger partial charge on any atom is 0.0744 e. The minimum absolute atomic E-state index is 0.0326. The normalized spacial score (nSPS) is 42.4. The molecule has 3 atom stereocenters. The van der Waals surface area contributed by atoms with E-state index in [0.717, 1.165) is 38.9 Å². The van der Waals surface area contributed by atoms with Crippen LogP contribution in [0.5, 0.6) is 0 Å². The molecule has 2 fully saturated rings. The molecular formula is C12H23NO2. The van der Waals surface area contributed by atoms with Crippen molar-refractivity contribution in [3.05, 3.63) is 0 Å². The van der Waals surface area contributed by atoms with Gasteiger partial charge in [-0.05, 0) is 25.2 Å². The summed E-state index contributed by atoms with van der Waals surface area (Å²) in [6, 6.07) is 0.324. The van der Waals surface area contributed by atoms with Gasteiger partial charge in [0.1, 0.15) is 0 Å². The summed E-state index contributed by atoms with van der Waals surface area (Å²) >= 11 is 0. The molecule has 2 N–H and O–H groups in total. The molecule has 0 amide bonds. The minimum Gasteiger partial charge on any atom is -0.378 e. The lowest BCUT2D eigenvalue weighted by Crippen LogP contribution is -2.51. The van der Waals surface area contributed by atoms with E-state index in [9.17, 15) is 0 Å². The molecule has 2 aliphatic rings. The summed E-state index contributed by atoms with van der Waals surface area (Å²) < 4.78 is 11.8. The van der Waals surface area contributed by atoms with Crippen molar-refractivity contribution in [2.24, 2.45) is 11.7 Å². The van der Waals surface area contributed by atoms with E-state index in [-0.39, 0.29) is 5.60 Å². The van der Waals surface area contributed by atoms with Crippen LogP contribution < -0.4 is 5.73 Å². The number of ether oxygens (including phenoxy) is 2. The van der Waals surface area contributed by atoms with Gasteiger partial charge in [0.15, 0.2) is 0 Å². The molecule has 1 spiro atoms. The zero-order valence-corrected chi connectivity index (χ0v) is 9.87. The van der Waals surface area contributed by atoms with Crippen LogP contribution in [-0.2, 0) is 9.47 Å². The molecule has 2 saturated heterocycles. The van der Waals surface area contributed by atoms with Gasteiger partial charge in [0.2, 0.25) is 0 Å². The van der Waals surface area contributed by atoms with Gasteiger partial charge in [-0.3, -0.25) is 0 Å². The molecule has 15 heavy (non-hydrogen) atoms. The molecule has 3 unspecified atom stereocenters. The number of hydrogen-bond donors (Lipinski definition) is 1. The van der Waals surface area contributed by atoms with Gasteiger partial charge >= 0.3 is 0 Å². The Morgan fingerprint density at radius 1 is 1.27 bits per heavy atom. The van der Waals surface area contributed by atoms with Gasteiger partial charge in [-0.2, -0.15) is 0 Å². The van der Waals surface area contributed by atoms with Crippen LogP contribution in [0.25, 0.3) is 0 Å². The SMILES string of the molecule is CC(C)C1CC2(CCO1)CC(N)CCO2. The standard InChI is InChI=1S/C12H23NO2/c1-9(2)11-8-12(4-6-14-11)7-10(13)3-5-15-12/h9-11H,3-8,13H2,1-2H3. The third-order valence-electron chi connectivity index (χ3n) is 3.74. The molecule has 88 valence electrons. The molecule has 0 aliphatic carbocycles. The van der Waals surface area contributed by atoms with Gasteiger partial charge < -0.3 is 15.2 Å². The Bertz CT molecular complexity index is 216. The summed E-state index contributed by atoms with van der Waals surface area (Å²) in [4.78, 5) is 0. The molecule has 2 aliphatic heterocycles. The van der Waals surface area contributed by atoms with E-state index in [0.29, 0.717) is 18.1 Å². The highest BCUT2D eigenvalue weighted by atomic mass is 16.5. The van der Waals surface area contributed by atoms with Gasteiger partial charge in [0.05, 0.1) is 11.7 Å². The Hall–Kier alpha value is -0.120. The van der Waals surface area contributed by atoms with Crippen molar-refractivity contribution in [2.45, 2.75) is 57.3 Å². The lowest BCUT2D eigenvalue weighted by atomic mass is 9.80. The van der Waals surface area contributed by atoms with Crippen molar-refractivity contribution in [1.82, 2.24) is 0 Å². The van der Waals surface area contributed by atoms with Gasteiger partial charge in [-0.1, -0.05) is 13.8 Å². The molecule has 0 aromatic carbocycles. The maximum absolute atomic E-state index is 6.04. The van der Waals surface area contributed by atoms with Crippen LogP contribution in [0.3, 0.4) is 0 Å². The van der Waals surface area contributed by atoms with E-state index < -0.39 is 0 Å². The van der Waals surface area contributed by atoms with Crippen molar-refractivity contribution in [3.63, 3.8) is 0 Å². The lowest BCUT2D eigenvalue weighted by molar-refractivity contribution is -0.168. The predicted octanol–water partition coefficient (Wildman–Crippen LogP) is 1.70. The van der Waals surface area contributed by atoms with E-state index >= 15 is 0 Å². The van der Waals surface area contributed by atoms with Crippen molar-refractivity contribution in [2.75, 3.05) is 13.2 Å². The van der Waals surface area contributed by atoms with Crippen LogP contribution in [0, 0.1) is 5.92 Å². The molecular weight excluding hydrogens is 190 g/mol. The van der Waals surface area contributed by atoms with Crippen LogP contribution >= 0.6 is 0 Å². The van der Waals surface area contributed by atoms with Crippen molar-refractivity contribution < 1.29 is 9.47 Å². The average Bonchev–Trinajstić information content (AvgIpc) is 2.17. The predicted molar refractivity (Wildman–Crippen MR) is 59.7 cm³/mol. The summed E-state index contributed by atoms with van der Waals surface area (Å²) in [6.07, 6.45) is 4.42. The van der Waals surface area contributed by atoms with Crippen LogP contribution in [-0.4, -0.2) is 31.0 Å². The number of hydrogen-bond acceptors (Lipinski definition) is 3. The molecule has 0 bridgehead atoms. The molecule has 2 rings (SSSR count). The summed E-state index contributed by atoms with van der Waals surface area (Å²) in [7, 11) is 0. The zero-order valence-electron chi connectivity index (χ0n) is 9.87. The second-order valence-corrected chi connectivity index (χ2v) is 5.39. The number of nitrogens with two attached hydrogens (primary N) is 1. The summed E-state index contributed by atoms with van der Waals surface area (Å²) in [6.45, 7) is 6.08. The third kappa shape index (κ3) is 2.52. The van der Waals surface area contributed by atoms with E-state index in [1.165, 1.54) is 0 Å². The molecule has 0 saturated carbocycles. The monoisotopic (exact) mass is 213 g/mol. The van der Waals surface area contributed by atoms with Crippen LogP contribution in [0.2, 0.25) is 0 Å². The molecule has 2 heterocycles. The smallest absolute Gasteiger partial charge is 0.0744 e. The Morgan fingerprint density at radius 3 is 2.73 bits per heavy atom. The van der Waals surface area contributed by atoms with Gasteiger partial charge in [-0.15, -0.1) is 0 Å². The Balaban J connectivity index is 2.01. The quantitative estimate of drug-likeness (QED) is 0.721. The maximum atomic E-state index is 6.04. The fraction of sp³-hybridized carbons (Fsp3) is 1.00. The minimum atomic E-state index is 0.0326. The first-order valence-corrected chi connectivity index (χ1v) is 6.12. The van der Waals surface area contributed by atoms with Crippen molar-refractivity contribution in [1.29, 1.82) is 0 Å². The van der Waals surface area contributed by atoms with Crippen LogP contribution in [0.1, 0.15) is 39.5 Å². The molecule has 0 aromatic heterocycles. The first-order chi connectivity index (χ1) is 7.11. The van der Waals surface area contributed by atoms with Crippen LogP contribution in [0.15, 0.2) is 0 Å². The van der Waals surface area contributed by atoms with E-state index in [1.807, 2.05) is 0 Å². The van der Waals surface area contributed by atoms with Crippen LogP contribution in [0.4, 0.5) is 0 Å². The second-order valence-electron chi connectivity index (χ2n) is 5.39. The van der Waals surface area contributed by atoms with E-state index in [2.05, 4.69) is 13.8 Å². The summed E-state index contributed by atoms with van der Waals surface area (Å²) in [5.74, 6) is 0.573. The van der Waals surface area contributed by atoms with Crippen molar-refractivity contribution in [3.8, 4) is 0 Å². The molecule has 0 radical (unpaired) electrons. The topological polar surface area (TPSA) is 44.5 Å².